The SMILES string of the molecule is CC(C(=O)N(C)C)c1ccc(CC2(N)CC2)cc1. The third-order valence-electron chi connectivity index (χ3n) is 3.74. The highest BCUT2D eigenvalue weighted by Crippen LogP contribution is 2.35. The summed E-state index contributed by atoms with van der Waals surface area (Å²) >= 11 is 0. The molecule has 3 heteroatoms. The van der Waals surface area contributed by atoms with Crippen LogP contribution in [0.5, 0.6) is 0 Å². The molecule has 2 rings (SSSR count). The zero-order valence-electron chi connectivity index (χ0n) is 11.4. The lowest BCUT2D eigenvalue weighted by Gasteiger charge is -2.17. The minimum absolute atomic E-state index is 0.0482. The minimum atomic E-state index is -0.0817. The standard InChI is InChI=1S/C15H22N2O/c1-11(14(18)17(2)3)13-6-4-12(5-7-13)10-15(16)8-9-15/h4-7,11H,8-10,16H2,1-3H3. The molecule has 1 unspecified atom stereocenters. The fourth-order valence-electron chi connectivity index (χ4n) is 2.20. The number of hydrogen-bond donors (Lipinski definition) is 1. The van der Waals surface area contributed by atoms with Crippen LogP contribution in [0.25, 0.3) is 0 Å². The predicted molar refractivity (Wildman–Crippen MR) is 73.4 cm³/mol. The van der Waals surface area contributed by atoms with Crippen molar-refractivity contribution >= 4 is 5.91 Å². The molecule has 1 aliphatic carbocycles. The van der Waals surface area contributed by atoms with Gasteiger partial charge in [0.1, 0.15) is 0 Å². The van der Waals surface area contributed by atoms with Crippen LogP contribution in [0.4, 0.5) is 0 Å². The normalized spacial score (nSPS) is 18.2. The van der Waals surface area contributed by atoms with E-state index in [1.807, 2.05) is 19.1 Å². The number of benzene rings is 1. The highest BCUT2D eigenvalue weighted by Gasteiger charge is 2.37. The molecular weight excluding hydrogens is 224 g/mol. The molecule has 0 bridgehead atoms. The van der Waals surface area contributed by atoms with E-state index < -0.39 is 0 Å². The molecule has 1 atom stereocenters. The highest BCUT2D eigenvalue weighted by atomic mass is 16.2. The van der Waals surface area contributed by atoms with Crippen LogP contribution in [-0.4, -0.2) is 30.4 Å². The Bertz CT molecular complexity index is 432. The average Bonchev–Trinajstić information content (AvgIpc) is 3.06. The van der Waals surface area contributed by atoms with E-state index >= 15 is 0 Å². The first-order chi connectivity index (χ1) is 8.41. The Labute approximate surface area is 109 Å². The summed E-state index contributed by atoms with van der Waals surface area (Å²) in [4.78, 5) is 13.5. The van der Waals surface area contributed by atoms with Gasteiger partial charge in [-0.05, 0) is 37.3 Å². The van der Waals surface area contributed by atoms with Crippen molar-refractivity contribution in [2.75, 3.05) is 14.1 Å². The van der Waals surface area contributed by atoms with Gasteiger partial charge in [-0.3, -0.25) is 4.79 Å². The first kappa shape index (κ1) is 13.1. The first-order valence-corrected chi connectivity index (χ1v) is 6.50. The number of likely N-dealkylation sites (N-methyl/N-ethyl adjacent to an activating group) is 1. The number of amides is 1. The van der Waals surface area contributed by atoms with Gasteiger partial charge in [0, 0.05) is 19.6 Å². The predicted octanol–water partition coefficient (Wildman–Crippen LogP) is 1.91. The van der Waals surface area contributed by atoms with Crippen LogP contribution in [0.3, 0.4) is 0 Å². The first-order valence-electron chi connectivity index (χ1n) is 6.50. The fraction of sp³-hybridized carbons (Fsp3) is 0.533. The van der Waals surface area contributed by atoms with Crippen molar-refractivity contribution in [1.82, 2.24) is 4.90 Å². The summed E-state index contributed by atoms with van der Waals surface area (Å²) in [5.74, 6) is 0.0575. The molecule has 0 saturated heterocycles. The van der Waals surface area contributed by atoms with E-state index in [1.54, 1.807) is 19.0 Å². The van der Waals surface area contributed by atoms with Crippen LogP contribution in [-0.2, 0) is 11.2 Å². The van der Waals surface area contributed by atoms with Crippen LogP contribution in [0, 0.1) is 0 Å². The molecule has 0 aromatic heterocycles. The molecule has 1 saturated carbocycles. The maximum Gasteiger partial charge on any atom is 0.229 e. The lowest BCUT2D eigenvalue weighted by Crippen LogP contribution is -2.26. The van der Waals surface area contributed by atoms with Gasteiger partial charge in [-0.15, -0.1) is 0 Å². The minimum Gasteiger partial charge on any atom is -0.348 e. The largest absolute Gasteiger partial charge is 0.348 e. The molecule has 0 heterocycles. The van der Waals surface area contributed by atoms with E-state index in [0.29, 0.717) is 0 Å². The molecular formula is C15H22N2O. The summed E-state index contributed by atoms with van der Waals surface area (Å²) in [6.45, 7) is 1.95. The van der Waals surface area contributed by atoms with Gasteiger partial charge in [0.15, 0.2) is 0 Å². The van der Waals surface area contributed by atoms with E-state index in [2.05, 4.69) is 12.1 Å². The van der Waals surface area contributed by atoms with Crippen LogP contribution in [0.2, 0.25) is 0 Å². The number of hydrogen-bond acceptors (Lipinski definition) is 2. The molecule has 0 aliphatic heterocycles. The maximum absolute atomic E-state index is 11.9. The van der Waals surface area contributed by atoms with Crippen molar-refractivity contribution in [1.29, 1.82) is 0 Å². The van der Waals surface area contributed by atoms with E-state index in [0.717, 1.165) is 24.8 Å². The summed E-state index contributed by atoms with van der Waals surface area (Å²) in [6.07, 6.45) is 3.21. The third-order valence-corrected chi connectivity index (χ3v) is 3.74. The van der Waals surface area contributed by atoms with Gasteiger partial charge in [-0.25, -0.2) is 0 Å². The van der Waals surface area contributed by atoms with E-state index in [1.165, 1.54) is 5.56 Å². The second-order valence-electron chi connectivity index (χ2n) is 5.74. The average molecular weight is 246 g/mol. The summed E-state index contributed by atoms with van der Waals surface area (Å²) in [7, 11) is 3.58. The molecule has 1 fully saturated rings. The molecule has 2 N–H and O–H groups in total. The number of carbonyl (C=O) groups is 1. The van der Waals surface area contributed by atoms with Crippen molar-refractivity contribution in [3.05, 3.63) is 35.4 Å². The molecule has 0 radical (unpaired) electrons. The van der Waals surface area contributed by atoms with Crippen LogP contribution in [0.15, 0.2) is 24.3 Å². The Balaban J connectivity index is 2.05. The summed E-state index contributed by atoms with van der Waals surface area (Å²) in [5.41, 5.74) is 8.49. The number of nitrogens with two attached hydrogens (primary N) is 1. The van der Waals surface area contributed by atoms with Gasteiger partial charge >= 0.3 is 0 Å². The second kappa shape index (κ2) is 4.73. The summed E-state index contributed by atoms with van der Waals surface area (Å²) in [5, 5.41) is 0. The Morgan fingerprint density at radius 1 is 1.33 bits per heavy atom. The summed E-state index contributed by atoms with van der Waals surface area (Å²) < 4.78 is 0. The quantitative estimate of drug-likeness (QED) is 0.882. The van der Waals surface area contributed by atoms with Crippen LogP contribution >= 0.6 is 0 Å². The number of carbonyl (C=O) groups excluding carboxylic acids is 1. The zero-order valence-corrected chi connectivity index (χ0v) is 11.4. The van der Waals surface area contributed by atoms with Gasteiger partial charge in [0.2, 0.25) is 5.91 Å². The highest BCUT2D eigenvalue weighted by molar-refractivity contribution is 5.82. The van der Waals surface area contributed by atoms with E-state index in [9.17, 15) is 4.79 Å². The molecule has 1 aliphatic rings. The lowest BCUT2D eigenvalue weighted by atomic mass is 9.96. The van der Waals surface area contributed by atoms with Gasteiger partial charge < -0.3 is 10.6 Å². The van der Waals surface area contributed by atoms with Crippen LogP contribution < -0.4 is 5.73 Å². The van der Waals surface area contributed by atoms with Crippen molar-refractivity contribution in [2.45, 2.75) is 37.6 Å². The fourth-order valence-corrected chi connectivity index (χ4v) is 2.20. The van der Waals surface area contributed by atoms with Crippen molar-refractivity contribution in [3.8, 4) is 0 Å². The topological polar surface area (TPSA) is 46.3 Å². The van der Waals surface area contributed by atoms with Crippen molar-refractivity contribution in [3.63, 3.8) is 0 Å². The van der Waals surface area contributed by atoms with Crippen molar-refractivity contribution < 1.29 is 4.79 Å². The van der Waals surface area contributed by atoms with Gasteiger partial charge in [0.25, 0.3) is 0 Å². The molecule has 18 heavy (non-hydrogen) atoms. The Hall–Kier alpha value is -1.35. The Morgan fingerprint density at radius 3 is 2.33 bits per heavy atom. The Morgan fingerprint density at radius 2 is 1.89 bits per heavy atom. The molecule has 3 nitrogen and oxygen atoms in total. The molecule has 1 amide bonds. The maximum atomic E-state index is 11.9. The molecule has 1 aromatic rings. The Kier molecular flexibility index (Phi) is 3.44. The number of nitrogens with zero attached hydrogens (tertiary/aromatic N) is 1. The third kappa shape index (κ3) is 2.91. The summed E-state index contributed by atoms with van der Waals surface area (Å²) in [6, 6.07) is 8.30. The zero-order chi connectivity index (χ0) is 13.3. The monoisotopic (exact) mass is 246 g/mol. The van der Waals surface area contributed by atoms with Crippen molar-refractivity contribution in [2.24, 2.45) is 5.73 Å². The van der Waals surface area contributed by atoms with Crippen LogP contribution in [0.1, 0.15) is 36.8 Å². The molecule has 1 aromatic carbocycles. The van der Waals surface area contributed by atoms with E-state index in [-0.39, 0.29) is 17.4 Å². The van der Waals surface area contributed by atoms with Gasteiger partial charge in [0.05, 0.1) is 5.92 Å². The molecule has 98 valence electrons. The lowest BCUT2D eigenvalue weighted by molar-refractivity contribution is -0.129. The molecule has 0 spiro atoms. The van der Waals surface area contributed by atoms with Gasteiger partial charge in [-0.2, -0.15) is 0 Å². The second-order valence-corrected chi connectivity index (χ2v) is 5.74. The van der Waals surface area contributed by atoms with Gasteiger partial charge in [-0.1, -0.05) is 24.3 Å². The smallest absolute Gasteiger partial charge is 0.229 e. The number of rotatable bonds is 4. The van der Waals surface area contributed by atoms with E-state index in [4.69, 9.17) is 5.73 Å².